The predicted molar refractivity (Wildman–Crippen MR) is 73.5 cm³/mol. The van der Waals surface area contributed by atoms with Crippen LogP contribution in [-0.2, 0) is 6.18 Å². The van der Waals surface area contributed by atoms with E-state index in [1.54, 1.807) is 6.07 Å². The van der Waals surface area contributed by atoms with Crippen molar-refractivity contribution in [1.29, 1.82) is 0 Å². The Morgan fingerprint density at radius 3 is 2.30 bits per heavy atom. The van der Waals surface area contributed by atoms with E-state index in [4.69, 9.17) is 27.9 Å². The SMILES string of the molecule is COc1ccc(C(F)(F)F)c(-c2cccc(Cl)c2Cl)c1. The van der Waals surface area contributed by atoms with Crippen LogP contribution in [0.4, 0.5) is 13.2 Å². The van der Waals surface area contributed by atoms with Gasteiger partial charge in [-0.3, -0.25) is 0 Å². The molecule has 0 saturated carbocycles. The molecule has 0 bridgehead atoms. The van der Waals surface area contributed by atoms with Crippen LogP contribution in [0.2, 0.25) is 10.0 Å². The highest BCUT2D eigenvalue weighted by atomic mass is 35.5. The van der Waals surface area contributed by atoms with Gasteiger partial charge in [-0.25, -0.2) is 0 Å². The van der Waals surface area contributed by atoms with Crippen molar-refractivity contribution in [2.45, 2.75) is 6.18 Å². The van der Waals surface area contributed by atoms with E-state index in [1.165, 1.54) is 31.4 Å². The molecule has 0 heterocycles. The minimum atomic E-state index is -4.49. The molecule has 0 unspecified atom stereocenters. The maximum Gasteiger partial charge on any atom is 0.417 e. The van der Waals surface area contributed by atoms with Crippen molar-refractivity contribution < 1.29 is 17.9 Å². The molecule has 0 atom stereocenters. The van der Waals surface area contributed by atoms with Crippen LogP contribution in [0.3, 0.4) is 0 Å². The summed E-state index contributed by atoms with van der Waals surface area (Å²) in [4.78, 5) is 0. The maximum atomic E-state index is 13.1. The van der Waals surface area contributed by atoms with Gasteiger partial charge in [0.05, 0.1) is 22.7 Å². The first kappa shape index (κ1) is 15.0. The number of halogens is 5. The Morgan fingerprint density at radius 2 is 1.70 bits per heavy atom. The summed E-state index contributed by atoms with van der Waals surface area (Å²) in [6.45, 7) is 0. The van der Waals surface area contributed by atoms with Gasteiger partial charge in [-0.1, -0.05) is 35.3 Å². The van der Waals surface area contributed by atoms with Gasteiger partial charge in [0.15, 0.2) is 0 Å². The Balaban J connectivity index is 2.73. The fraction of sp³-hybridized carbons (Fsp3) is 0.143. The van der Waals surface area contributed by atoms with E-state index in [1.807, 2.05) is 0 Å². The van der Waals surface area contributed by atoms with Crippen LogP contribution in [0, 0.1) is 0 Å². The lowest BCUT2D eigenvalue weighted by atomic mass is 9.99. The first-order chi connectivity index (χ1) is 9.34. The molecule has 0 aliphatic carbocycles. The Kier molecular flexibility index (Phi) is 4.16. The lowest BCUT2D eigenvalue weighted by Gasteiger charge is -2.15. The zero-order valence-electron chi connectivity index (χ0n) is 10.3. The number of methoxy groups -OCH3 is 1. The molecule has 0 N–H and O–H groups in total. The summed E-state index contributed by atoms with van der Waals surface area (Å²) in [5.74, 6) is 0.309. The minimum Gasteiger partial charge on any atom is -0.497 e. The van der Waals surface area contributed by atoms with Crippen molar-refractivity contribution in [3.63, 3.8) is 0 Å². The van der Waals surface area contributed by atoms with Crippen LogP contribution in [-0.4, -0.2) is 7.11 Å². The van der Waals surface area contributed by atoms with Gasteiger partial charge < -0.3 is 4.74 Å². The van der Waals surface area contributed by atoms with Crippen LogP contribution in [0.1, 0.15) is 5.56 Å². The molecule has 2 aromatic carbocycles. The summed E-state index contributed by atoms with van der Waals surface area (Å²) in [5.41, 5.74) is -0.641. The molecular weight excluding hydrogens is 312 g/mol. The minimum absolute atomic E-state index is 0.0654. The molecule has 0 aliphatic rings. The van der Waals surface area contributed by atoms with E-state index in [2.05, 4.69) is 0 Å². The Morgan fingerprint density at radius 1 is 1.00 bits per heavy atom. The molecule has 6 heteroatoms. The Bertz CT molecular complexity index is 639. The van der Waals surface area contributed by atoms with Crippen LogP contribution in [0.25, 0.3) is 11.1 Å². The summed E-state index contributed by atoms with van der Waals surface area (Å²) in [6, 6.07) is 8.05. The van der Waals surface area contributed by atoms with Crippen molar-refractivity contribution in [3.05, 3.63) is 52.0 Å². The molecule has 0 saturated heterocycles. The average molecular weight is 321 g/mol. The number of hydrogen-bond donors (Lipinski definition) is 0. The second kappa shape index (κ2) is 5.54. The third-order valence-corrected chi connectivity index (χ3v) is 3.59. The lowest BCUT2D eigenvalue weighted by molar-refractivity contribution is -0.137. The molecule has 20 heavy (non-hydrogen) atoms. The second-order valence-electron chi connectivity index (χ2n) is 4.01. The summed E-state index contributed by atoms with van der Waals surface area (Å²) < 4.78 is 44.2. The van der Waals surface area contributed by atoms with E-state index in [0.29, 0.717) is 5.75 Å². The molecule has 2 aromatic rings. The second-order valence-corrected chi connectivity index (χ2v) is 4.80. The molecule has 1 nitrogen and oxygen atoms in total. The first-order valence-corrected chi connectivity index (χ1v) is 6.30. The fourth-order valence-electron chi connectivity index (χ4n) is 1.83. The van der Waals surface area contributed by atoms with Crippen molar-refractivity contribution in [1.82, 2.24) is 0 Å². The van der Waals surface area contributed by atoms with Gasteiger partial charge in [0.25, 0.3) is 0 Å². The zero-order chi connectivity index (χ0) is 14.9. The van der Waals surface area contributed by atoms with Gasteiger partial charge >= 0.3 is 6.18 Å². The normalized spacial score (nSPS) is 11.5. The van der Waals surface area contributed by atoms with Crippen molar-refractivity contribution in [3.8, 4) is 16.9 Å². The first-order valence-electron chi connectivity index (χ1n) is 5.54. The Labute approximate surface area is 123 Å². The maximum absolute atomic E-state index is 13.1. The fourth-order valence-corrected chi connectivity index (χ4v) is 2.23. The quantitative estimate of drug-likeness (QED) is 0.690. The van der Waals surface area contributed by atoms with Crippen molar-refractivity contribution in [2.75, 3.05) is 7.11 Å². The lowest BCUT2D eigenvalue weighted by Crippen LogP contribution is -2.07. The molecule has 0 fully saturated rings. The zero-order valence-corrected chi connectivity index (χ0v) is 11.8. The molecule has 0 aromatic heterocycles. The molecule has 106 valence electrons. The molecule has 0 aliphatic heterocycles. The number of rotatable bonds is 2. The molecule has 0 radical (unpaired) electrons. The van der Waals surface area contributed by atoms with Crippen molar-refractivity contribution >= 4 is 23.2 Å². The number of benzene rings is 2. The monoisotopic (exact) mass is 320 g/mol. The van der Waals surface area contributed by atoms with Crippen LogP contribution < -0.4 is 4.74 Å². The largest absolute Gasteiger partial charge is 0.497 e. The van der Waals surface area contributed by atoms with E-state index < -0.39 is 11.7 Å². The summed E-state index contributed by atoms with van der Waals surface area (Å²) in [7, 11) is 1.38. The average Bonchev–Trinajstić information content (AvgIpc) is 2.40. The number of hydrogen-bond acceptors (Lipinski definition) is 1. The molecule has 0 spiro atoms. The van der Waals surface area contributed by atoms with E-state index >= 15 is 0 Å². The Hall–Kier alpha value is -1.39. The van der Waals surface area contributed by atoms with E-state index in [9.17, 15) is 13.2 Å². The van der Waals surface area contributed by atoms with Gasteiger partial charge in [0.2, 0.25) is 0 Å². The highest BCUT2D eigenvalue weighted by Crippen LogP contribution is 2.42. The van der Waals surface area contributed by atoms with Gasteiger partial charge in [0, 0.05) is 5.56 Å². The number of alkyl halides is 3. The van der Waals surface area contributed by atoms with Crippen LogP contribution >= 0.6 is 23.2 Å². The third kappa shape index (κ3) is 2.86. The number of ether oxygens (including phenoxy) is 1. The molecular formula is C14H9Cl2F3O. The standard InChI is InChI=1S/C14H9Cl2F3O/c1-20-8-5-6-11(14(17,18)19)10(7-8)9-3-2-4-12(15)13(9)16/h2-7H,1H3. The van der Waals surface area contributed by atoms with Gasteiger partial charge in [-0.05, 0) is 29.8 Å². The van der Waals surface area contributed by atoms with Gasteiger partial charge in [-0.2, -0.15) is 13.2 Å². The third-order valence-electron chi connectivity index (χ3n) is 2.77. The summed E-state index contributed by atoms with van der Waals surface area (Å²) in [5, 5.41) is 0.271. The van der Waals surface area contributed by atoms with Crippen LogP contribution in [0.5, 0.6) is 5.75 Å². The summed E-state index contributed by atoms with van der Waals surface area (Å²) >= 11 is 11.9. The summed E-state index contributed by atoms with van der Waals surface area (Å²) in [6.07, 6.45) is -4.49. The highest BCUT2D eigenvalue weighted by Gasteiger charge is 2.34. The van der Waals surface area contributed by atoms with E-state index in [-0.39, 0.29) is 21.2 Å². The smallest absolute Gasteiger partial charge is 0.417 e. The van der Waals surface area contributed by atoms with Gasteiger partial charge in [0.1, 0.15) is 5.75 Å². The topological polar surface area (TPSA) is 9.23 Å². The molecule has 2 rings (SSSR count). The van der Waals surface area contributed by atoms with Crippen molar-refractivity contribution in [2.24, 2.45) is 0 Å². The highest BCUT2D eigenvalue weighted by molar-refractivity contribution is 6.43. The van der Waals surface area contributed by atoms with Gasteiger partial charge in [-0.15, -0.1) is 0 Å². The van der Waals surface area contributed by atoms with E-state index in [0.717, 1.165) is 6.07 Å². The molecule has 0 amide bonds. The van der Waals surface area contributed by atoms with Crippen LogP contribution in [0.15, 0.2) is 36.4 Å². The predicted octanol–water partition coefficient (Wildman–Crippen LogP) is 5.69.